The van der Waals surface area contributed by atoms with E-state index in [4.69, 9.17) is 39.0 Å². The Morgan fingerprint density at radius 2 is 1.00 bits per heavy atom. The van der Waals surface area contributed by atoms with Crippen LogP contribution in [0.4, 0.5) is 34.6 Å². The van der Waals surface area contributed by atoms with Gasteiger partial charge in [-0.25, -0.2) is 28.6 Å². The number of hydrogen-bond donors (Lipinski definition) is 3. The number of ketones is 2. The van der Waals surface area contributed by atoms with E-state index < -0.39 is 11.9 Å². The maximum absolute atomic E-state index is 13.0. The first-order valence-electron chi connectivity index (χ1n) is 24.9. The van der Waals surface area contributed by atoms with E-state index in [1.165, 1.54) is 26.4 Å². The molecule has 3 N–H and O–H groups in total. The van der Waals surface area contributed by atoms with Crippen LogP contribution in [0.25, 0.3) is 11.3 Å². The number of benzene rings is 2. The number of hydrogen-bond acceptors (Lipinski definition) is 19. The Morgan fingerprint density at radius 3 is 1.40 bits per heavy atom. The molecule has 2 unspecified atom stereocenters. The molecule has 2 saturated heterocycles. The molecule has 2 fully saturated rings. The third kappa shape index (κ3) is 12.3. The van der Waals surface area contributed by atoms with Crippen molar-refractivity contribution >= 4 is 69.4 Å². The standard InChI is InChI=1S/C28H30N6O5.C27H28N6O5/c1-37-23-10-11-24(31-27(23)38-2)30-21-16-25(32-34-14-12-29-26(21)34)33-13-4-5-18(17-33)15-22(35)19-6-8-20(9-7-19)28(36)39-3;1-37-22-9-10-23(30-26(22)38-2)29-20-15-24(31-33-13-11-28-25(20)33)32-12-3-4-17(16-32)14-21(34)18-5-7-19(8-6-18)27(35)36/h6-12,14,16,18H,4-5,13,15,17H2,1-3H3,(H,30,31);5-11,13,15,17H,3-4,12,14,16H2,1-2H3,(H,29,30)(H,35,36). The van der Waals surface area contributed by atoms with Crippen molar-refractivity contribution in [1.29, 1.82) is 0 Å². The fraction of sp³-hybridized carbons (Fsp3) is 0.309. The number of imidazole rings is 2. The van der Waals surface area contributed by atoms with Crippen LogP contribution in [-0.4, -0.2) is 130 Å². The minimum Gasteiger partial charge on any atom is -0.491 e. The number of methoxy groups -OCH3 is 5. The summed E-state index contributed by atoms with van der Waals surface area (Å²) in [6.07, 6.45) is 11.5. The number of pyridine rings is 2. The molecule has 77 heavy (non-hydrogen) atoms. The van der Waals surface area contributed by atoms with Crippen LogP contribution in [0, 0.1) is 11.8 Å². The number of ether oxygens (including phenoxy) is 5. The molecule has 0 amide bonds. The monoisotopic (exact) mass is 1050 g/mol. The van der Waals surface area contributed by atoms with E-state index in [2.05, 4.69) is 40.4 Å². The van der Waals surface area contributed by atoms with Crippen LogP contribution in [-0.2, 0) is 4.74 Å². The van der Waals surface area contributed by atoms with Crippen molar-refractivity contribution in [3.63, 3.8) is 0 Å². The molecule has 2 atom stereocenters. The summed E-state index contributed by atoms with van der Waals surface area (Å²) in [5.41, 5.74) is 4.50. The van der Waals surface area contributed by atoms with Crippen LogP contribution in [0.2, 0.25) is 0 Å². The highest BCUT2D eigenvalue weighted by Gasteiger charge is 2.27. The van der Waals surface area contributed by atoms with Gasteiger partial charge in [-0.15, -0.1) is 10.2 Å². The van der Waals surface area contributed by atoms with Crippen molar-refractivity contribution in [3.05, 3.63) is 132 Å². The van der Waals surface area contributed by atoms with Crippen molar-refractivity contribution < 1.29 is 48.0 Å². The number of nitrogens with one attached hydrogen (secondary N) is 2. The summed E-state index contributed by atoms with van der Waals surface area (Å²) >= 11 is 0. The van der Waals surface area contributed by atoms with Crippen LogP contribution in [0.3, 0.4) is 0 Å². The Morgan fingerprint density at radius 1 is 0.571 bits per heavy atom. The minimum absolute atomic E-state index is 0.00805. The average molecular weight is 1050 g/mol. The summed E-state index contributed by atoms with van der Waals surface area (Å²) in [6, 6.07) is 23.8. The van der Waals surface area contributed by atoms with Crippen LogP contribution >= 0.6 is 0 Å². The van der Waals surface area contributed by atoms with E-state index >= 15 is 0 Å². The number of carboxylic acid groups (broad SMARTS) is 1. The van der Waals surface area contributed by atoms with E-state index in [9.17, 15) is 19.2 Å². The van der Waals surface area contributed by atoms with E-state index in [0.717, 1.165) is 61.8 Å². The zero-order chi connectivity index (χ0) is 54.0. The topological polar surface area (TPSA) is 251 Å². The number of carbonyl (C=O) groups excluding carboxylic acids is 3. The molecule has 10 rings (SSSR count). The summed E-state index contributed by atoms with van der Waals surface area (Å²) < 4.78 is 29.4. The van der Waals surface area contributed by atoms with Crippen molar-refractivity contribution in [2.75, 3.05) is 82.2 Å². The number of fused-ring (bicyclic) bond motifs is 2. The molecule has 0 aliphatic carbocycles. The fourth-order valence-corrected chi connectivity index (χ4v) is 9.52. The van der Waals surface area contributed by atoms with Gasteiger partial charge >= 0.3 is 11.9 Å². The van der Waals surface area contributed by atoms with Gasteiger partial charge in [0.15, 0.2) is 46.0 Å². The fourth-order valence-electron chi connectivity index (χ4n) is 9.52. The number of aromatic carboxylic acids is 1. The molecule has 8 aromatic rings. The van der Waals surface area contributed by atoms with E-state index in [1.807, 2.05) is 12.1 Å². The molecule has 22 heteroatoms. The third-order valence-electron chi connectivity index (χ3n) is 13.4. The molecule has 0 saturated carbocycles. The normalized spacial score (nSPS) is 15.2. The lowest BCUT2D eigenvalue weighted by atomic mass is 9.90. The smallest absolute Gasteiger partial charge is 0.337 e. The van der Waals surface area contributed by atoms with E-state index in [1.54, 1.807) is 116 Å². The van der Waals surface area contributed by atoms with Gasteiger partial charge in [0.2, 0.25) is 0 Å². The Bertz CT molecular complexity index is 3400. The molecule has 6 aromatic heterocycles. The first-order chi connectivity index (χ1) is 37.4. The second-order valence-electron chi connectivity index (χ2n) is 18.4. The van der Waals surface area contributed by atoms with Crippen LogP contribution < -0.4 is 39.4 Å². The number of esters is 1. The molecule has 398 valence electrons. The zero-order valence-electron chi connectivity index (χ0n) is 43.2. The summed E-state index contributed by atoms with van der Waals surface area (Å²) in [4.78, 5) is 70.9. The molecule has 0 spiro atoms. The number of rotatable bonds is 18. The maximum atomic E-state index is 13.0. The molecular formula is C55H58N12O10. The Hall–Kier alpha value is -9.34. The predicted octanol–water partition coefficient (Wildman–Crippen LogP) is 8.23. The predicted molar refractivity (Wildman–Crippen MR) is 286 cm³/mol. The second-order valence-corrected chi connectivity index (χ2v) is 18.4. The number of Topliss-reactive ketones (excluding diaryl/α,β-unsaturated/α-hetero) is 2. The summed E-state index contributed by atoms with van der Waals surface area (Å²) in [7, 11) is 7.54. The highest BCUT2D eigenvalue weighted by Crippen LogP contribution is 2.34. The third-order valence-corrected chi connectivity index (χ3v) is 13.4. The van der Waals surface area contributed by atoms with Gasteiger partial charge in [-0.05, 0) is 86.1 Å². The molecule has 2 aliphatic rings. The van der Waals surface area contributed by atoms with Crippen molar-refractivity contribution in [3.8, 4) is 23.3 Å². The SMILES string of the molecule is COC(=O)c1ccc(C(=O)CC2CCCN(c3cc(Nc4ccc(OC)c(OC)n4)c4nccn4n3)C2)cc1.COc1ccc(Nc2cc(N3CCCC(CC(=O)c4ccc(C(=O)O)cc4)C3)nn3ccnc23)nc1OC. The van der Waals surface area contributed by atoms with Gasteiger partial charge in [0.1, 0.15) is 11.6 Å². The zero-order valence-corrected chi connectivity index (χ0v) is 43.2. The number of anilines is 6. The van der Waals surface area contributed by atoms with Gasteiger partial charge in [0.25, 0.3) is 11.8 Å². The Kier molecular flexibility index (Phi) is 16.3. The first kappa shape index (κ1) is 52.5. The summed E-state index contributed by atoms with van der Waals surface area (Å²) in [6.45, 7) is 3.03. The molecule has 2 aromatic carbocycles. The lowest BCUT2D eigenvalue weighted by molar-refractivity contribution is 0.0599. The number of carboxylic acids is 1. The van der Waals surface area contributed by atoms with Gasteiger partial charge in [0, 0.05) is 87.1 Å². The Labute approximate surface area is 442 Å². The minimum atomic E-state index is -1.01. The second kappa shape index (κ2) is 23.9. The van der Waals surface area contributed by atoms with Crippen LogP contribution in [0.1, 0.15) is 80.0 Å². The molecule has 22 nitrogen and oxygen atoms in total. The van der Waals surface area contributed by atoms with Gasteiger partial charge in [-0.3, -0.25) is 9.59 Å². The van der Waals surface area contributed by atoms with Crippen molar-refractivity contribution in [2.24, 2.45) is 11.8 Å². The molecular weight excluding hydrogens is 989 g/mol. The van der Waals surface area contributed by atoms with Gasteiger partial charge in [-0.1, -0.05) is 24.3 Å². The summed E-state index contributed by atoms with van der Waals surface area (Å²) in [5, 5.41) is 25.3. The lowest BCUT2D eigenvalue weighted by Gasteiger charge is -2.33. The number of nitrogens with zero attached hydrogens (tertiary/aromatic N) is 10. The molecule has 8 heterocycles. The van der Waals surface area contributed by atoms with Crippen LogP contribution in [0.15, 0.2) is 110 Å². The molecule has 0 bridgehead atoms. The maximum Gasteiger partial charge on any atom is 0.337 e. The summed E-state index contributed by atoms with van der Waals surface area (Å²) in [5.74, 6) is 3.47. The Balaban J connectivity index is 0.000000188. The number of aromatic nitrogens is 8. The quantitative estimate of drug-likeness (QED) is 0.0540. The highest BCUT2D eigenvalue weighted by molar-refractivity contribution is 5.98. The largest absolute Gasteiger partial charge is 0.491 e. The number of carbonyl (C=O) groups is 4. The number of piperidine rings is 2. The van der Waals surface area contributed by atoms with E-state index in [-0.39, 0.29) is 29.0 Å². The first-order valence-corrected chi connectivity index (χ1v) is 24.9. The van der Waals surface area contributed by atoms with E-state index in [0.29, 0.717) is 88.8 Å². The highest BCUT2D eigenvalue weighted by atomic mass is 16.5. The van der Waals surface area contributed by atoms with Gasteiger partial charge in [-0.2, -0.15) is 9.97 Å². The molecule has 0 radical (unpaired) electrons. The van der Waals surface area contributed by atoms with Crippen molar-refractivity contribution in [1.82, 2.24) is 39.2 Å². The van der Waals surface area contributed by atoms with Gasteiger partial charge < -0.3 is 49.2 Å². The molecule has 2 aliphatic heterocycles. The average Bonchev–Trinajstić information content (AvgIpc) is 4.18. The van der Waals surface area contributed by atoms with Gasteiger partial charge in [0.05, 0.1) is 58.1 Å². The van der Waals surface area contributed by atoms with Crippen molar-refractivity contribution in [2.45, 2.75) is 38.5 Å². The lowest BCUT2D eigenvalue weighted by Crippen LogP contribution is -2.37. The van der Waals surface area contributed by atoms with Crippen LogP contribution in [0.5, 0.6) is 23.3 Å².